The number of nitrogens with one attached hydrogen (secondary N) is 2. The van der Waals surface area contributed by atoms with E-state index in [-0.39, 0.29) is 12.3 Å². The van der Waals surface area contributed by atoms with Crippen molar-refractivity contribution in [3.05, 3.63) is 29.8 Å². The van der Waals surface area contributed by atoms with Crippen molar-refractivity contribution in [1.29, 1.82) is 0 Å². The smallest absolute Gasteiger partial charge is 0.255 e. The monoisotopic (exact) mass is 248 g/mol. The highest BCUT2D eigenvalue weighted by atomic mass is 16.5. The van der Waals surface area contributed by atoms with Gasteiger partial charge in [-0.3, -0.25) is 19.7 Å². The second-order valence-electron chi connectivity index (χ2n) is 3.84. The molecule has 0 saturated carbocycles. The summed E-state index contributed by atoms with van der Waals surface area (Å²) in [5.74, 6) is -0.893. The zero-order valence-corrected chi connectivity index (χ0v) is 9.73. The molecule has 2 rings (SSSR count). The van der Waals surface area contributed by atoms with E-state index in [1.807, 2.05) is 0 Å². The molecule has 2 N–H and O–H groups in total. The maximum Gasteiger partial charge on any atom is 0.255 e. The summed E-state index contributed by atoms with van der Waals surface area (Å²) in [6.45, 7) is 0. The van der Waals surface area contributed by atoms with Gasteiger partial charge >= 0.3 is 0 Å². The molecule has 0 radical (unpaired) electrons. The van der Waals surface area contributed by atoms with Gasteiger partial charge in [0.15, 0.2) is 0 Å². The number of methoxy groups -OCH3 is 1. The summed E-state index contributed by atoms with van der Waals surface area (Å²) in [5, 5.41) is 4.63. The third-order valence-corrected chi connectivity index (χ3v) is 2.63. The van der Waals surface area contributed by atoms with Crippen LogP contribution in [0.15, 0.2) is 24.3 Å². The van der Waals surface area contributed by atoms with E-state index in [0.717, 1.165) is 0 Å². The standard InChI is InChI=1S/C12H12N2O4/c1-18-9-5-3-2-4-7(9)11(16)13-8-6-10(15)14-12(8)17/h2-5,8H,6H2,1H3,(H,13,16)(H,14,15,17). The average Bonchev–Trinajstić information content (AvgIpc) is 2.67. The first kappa shape index (κ1) is 12.1. The van der Waals surface area contributed by atoms with Gasteiger partial charge in [0, 0.05) is 0 Å². The van der Waals surface area contributed by atoms with Crippen LogP contribution in [0.25, 0.3) is 0 Å². The topological polar surface area (TPSA) is 84.5 Å². The van der Waals surface area contributed by atoms with Crippen molar-refractivity contribution < 1.29 is 19.1 Å². The number of amides is 3. The summed E-state index contributed by atoms with van der Waals surface area (Å²) < 4.78 is 5.05. The maximum absolute atomic E-state index is 12.0. The van der Waals surface area contributed by atoms with Crippen molar-refractivity contribution in [3.8, 4) is 5.75 Å². The SMILES string of the molecule is COc1ccccc1C(=O)NC1CC(=O)NC1=O. The van der Waals surface area contributed by atoms with Crippen molar-refractivity contribution in [1.82, 2.24) is 10.6 Å². The molecule has 1 aromatic carbocycles. The first-order chi connectivity index (χ1) is 8.61. The van der Waals surface area contributed by atoms with Crippen LogP contribution in [0, 0.1) is 0 Å². The van der Waals surface area contributed by atoms with Crippen LogP contribution in [0.4, 0.5) is 0 Å². The molecule has 0 spiro atoms. The van der Waals surface area contributed by atoms with E-state index in [2.05, 4.69) is 10.6 Å². The third kappa shape index (κ3) is 2.32. The first-order valence-electron chi connectivity index (χ1n) is 5.39. The Kier molecular flexibility index (Phi) is 3.27. The third-order valence-electron chi connectivity index (χ3n) is 2.63. The molecule has 1 heterocycles. The fourth-order valence-electron chi connectivity index (χ4n) is 1.74. The van der Waals surface area contributed by atoms with Gasteiger partial charge in [-0.05, 0) is 12.1 Å². The lowest BCUT2D eigenvalue weighted by atomic mass is 10.1. The number of benzene rings is 1. The van der Waals surface area contributed by atoms with E-state index >= 15 is 0 Å². The molecule has 1 atom stereocenters. The van der Waals surface area contributed by atoms with Crippen LogP contribution < -0.4 is 15.4 Å². The van der Waals surface area contributed by atoms with Gasteiger partial charge < -0.3 is 10.1 Å². The molecule has 6 nitrogen and oxygen atoms in total. The highest BCUT2D eigenvalue weighted by Gasteiger charge is 2.32. The molecule has 1 unspecified atom stereocenters. The number of hydrogen-bond donors (Lipinski definition) is 2. The van der Waals surface area contributed by atoms with Crippen LogP contribution in [0.3, 0.4) is 0 Å². The molecule has 1 fully saturated rings. The Morgan fingerprint density at radius 3 is 2.72 bits per heavy atom. The largest absolute Gasteiger partial charge is 0.496 e. The van der Waals surface area contributed by atoms with Crippen molar-refractivity contribution >= 4 is 17.7 Å². The molecule has 3 amide bonds. The lowest BCUT2D eigenvalue weighted by molar-refractivity contribution is -0.125. The summed E-state index contributed by atoms with van der Waals surface area (Å²) in [5.41, 5.74) is 0.326. The van der Waals surface area contributed by atoms with Crippen LogP contribution in [-0.2, 0) is 9.59 Å². The van der Waals surface area contributed by atoms with Crippen LogP contribution in [0.5, 0.6) is 5.75 Å². The summed E-state index contributed by atoms with van der Waals surface area (Å²) in [6, 6.07) is 5.85. The van der Waals surface area contributed by atoms with E-state index in [0.29, 0.717) is 11.3 Å². The van der Waals surface area contributed by atoms with Gasteiger partial charge in [0.2, 0.25) is 11.8 Å². The van der Waals surface area contributed by atoms with Gasteiger partial charge in [-0.15, -0.1) is 0 Å². The Labute approximate surface area is 103 Å². The Hall–Kier alpha value is -2.37. The molecule has 1 aliphatic rings. The lowest BCUT2D eigenvalue weighted by Gasteiger charge is -2.11. The van der Waals surface area contributed by atoms with Crippen molar-refractivity contribution in [3.63, 3.8) is 0 Å². The van der Waals surface area contributed by atoms with E-state index in [1.165, 1.54) is 7.11 Å². The molecule has 94 valence electrons. The Bertz CT molecular complexity index is 513. The van der Waals surface area contributed by atoms with E-state index < -0.39 is 17.9 Å². The number of imide groups is 1. The quantitative estimate of drug-likeness (QED) is 0.728. The molecule has 1 aliphatic heterocycles. The highest BCUT2D eigenvalue weighted by molar-refractivity contribution is 6.08. The number of carbonyl (C=O) groups excluding carboxylic acids is 3. The van der Waals surface area contributed by atoms with Crippen LogP contribution in [0.1, 0.15) is 16.8 Å². The number of ether oxygens (including phenoxy) is 1. The van der Waals surface area contributed by atoms with Gasteiger partial charge in [0.25, 0.3) is 5.91 Å². The fourth-order valence-corrected chi connectivity index (χ4v) is 1.74. The zero-order valence-electron chi connectivity index (χ0n) is 9.73. The fraction of sp³-hybridized carbons (Fsp3) is 0.250. The van der Waals surface area contributed by atoms with E-state index in [1.54, 1.807) is 24.3 Å². The van der Waals surface area contributed by atoms with Crippen molar-refractivity contribution in [2.45, 2.75) is 12.5 Å². The van der Waals surface area contributed by atoms with Crippen molar-refractivity contribution in [2.24, 2.45) is 0 Å². The number of para-hydroxylation sites is 1. The van der Waals surface area contributed by atoms with Gasteiger partial charge in [0.1, 0.15) is 11.8 Å². The molecule has 18 heavy (non-hydrogen) atoms. The predicted molar refractivity (Wildman–Crippen MR) is 62.0 cm³/mol. The van der Waals surface area contributed by atoms with Crippen LogP contribution in [0.2, 0.25) is 0 Å². The lowest BCUT2D eigenvalue weighted by Crippen LogP contribution is -2.40. The number of hydrogen-bond acceptors (Lipinski definition) is 4. The minimum atomic E-state index is -0.810. The summed E-state index contributed by atoms with van der Waals surface area (Å²) in [7, 11) is 1.46. The van der Waals surface area contributed by atoms with E-state index in [4.69, 9.17) is 4.74 Å². The molecule has 0 aromatic heterocycles. The molecular formula is C12H12N2O4. The molecule has 6 heteroatoms. The highest BCUT2D eigenvalue weighted by Crippen LogP contribution is 2.17. The molecule has 1 saturated heterocycles. The van der Waals surface area contributed by atoms with Gasteiger partial charge in [-0.25, -0.2) is 0 Å². The molecule has 0 aliphatic carbocycles. The minimum absolute atomic E-state index is 0.0281. The second-order valence-corrected chi connectivity index (χ2v) is 3.84. The molecular weight excluding hydrogens is 236 g/mol. The zero-order chi connectivity index (χ0) is 13.1. The molecule has 1 aromatic rings. The van der Waals surface area contributed by atoms with Crippen LogP contribution >= 0.6 is 0 Å². The molecule has 0 bridgehead atoms. The first-order valence-corrected chi connectivity index (χ1v) is 5.39. The Morgan fingerprint density at radius 1 is 1.39 bits per heavy atom. The Balaban J connectivity index is 2.13. The minimum Gasteiger partial charge on any atom is -0.496 e. The summed E-state index contributed by atoms with van der Waals surface area (Å²) >= 11 is 0. The second kappa shape index (κ2) is 4.87. The maximum atomic E-state index is 12.0. The van der Waals surface area contributed by atoms with Gasteiger partial charge in [-0.2, -0.15) is 0 Å². The van der Waals surface area contributed by atoms with Crippen molar-refractivity contribution in [2.75, 3.05) is 7.11 Å². The summed E-state index contributed by atoms with van der Waals surface area (Å²) in [4.78, 5) is 34.3. The number of rotatable bonds is 3. The summed E-state index contributed by atoms with van der Waals surface area (Å²) in [6.07, 6.45) is -0.0281. The van der Waals surface area contributed by atoms with Crippen LogP contribution in [-0.4, -0.2) is 30.9 Å². The Morgan fingerprint density at radius 2 is 2.11 bits per heavy atom. The van der Waals surface area contributed by atoms with Gasteiger partial charge in [0.05, 0.1) is 19.1 Å². The average molecular weight is 248 g/mol. The predicted octanol–water partition coefficient (Wildman–Crippen LogP) is -0.160. The number of carbonyl (C=O) groups is 3. The normalized spacial score (nSPS) is 18.4. The van der Waals surface area contributed by atoms with E-state index in [9.17, 15) is 14.4 Å². The van der Waals surface area contributed by atoms with Gasteiger partial charge in [-0.1, -0.05) is 12.1 Å².